The van der Waals surface area contributed by atoms with E-state index in [9.17, 15) is 4.39 Å². The van der Waals surface area contributed by atoms with Gasteiger partial charge in [-0.1, -0.05) is 20.3 Å². The van der Waals surface area contributed by atoms with Crippen molar-refractivity contribution in [1.29, 1.82) is 0 Å². The predicted molar refractivity (Wildman–Crippen MR) is 73.1 cm³/mol. The first-order chi connectivity index (χ1) is 8.56. The van der Waals surface area contributed by atoms with Crippen molar-refractivity contribution >= 4 is 23.3 Å². The average Bonchev–Trinajstić information content (AvgIpc) is 2.64. The maximum atomic E-state index is 13.6. The van der Waals surface area contributed by atoms with Crippen LogP contribution < -0.4 is 4.74 Å². The molecule has 0 saturated carbocycles. The highest BCUT2D eigenvalue weighted by molar-refractivity contribution is 7.71. The number of H-pyrrole nitrogens is 1. The predicted octanol–water partition coefficient (Wildman–Crippen LogP) is 3.89. The van der Waals surface area contributed by atoms with Gasteiger partial charge in [0.25, 0.3) is 0 Å². The maximum absolute atomic E-state index is 13.6. The lowest BCUT2D eigenvalue weighted by atomic mass is 10.1. The van der Waals surface area contributed by atoms with Crippen molar-refractivity contribution in [3.8, 4) is 5.75 Å². The number of rotatable bonds is 4. The molecule has 0 bridgehead atoms. The van der Waals surface area contributed by atoms with Gasteiger partial charge in [-0.05, 0) is 18.1 Å². The summed E-state index contributed by atoms with van der Waals surface area (Å²) in [6, 6.07) is 3.12. The number of benzene rings is 1. The molecule has 1 unspecified atom stereocenters. The number of aromatic amines is 1. The maximum Gasteiger partial charge on any atom is 0.178 e. The fraction of sp³-hybridized carbons (Fsp3) is 0.462. The van der Waals surface area contributed by atoms with Crippen LogP contribution in [0.3, 0.4) is 0 Å². The zero-order chi connectivity index (χ0) is 13.3. The average molecular weight is 268 g/mol. The van der Waals surface area contributed by atoms with Gasteiger partial charge in [-0.2, -0.15) is 0 Å². The molecule has 0 spiro atoms. The Bertz CT molecular complexity index is 617. The van der Waals surface area contributed by atoms with E-state index in [1.807, 2.05) is 4.57 Å². The Kier molecular flexibility index (Phi) is 3.71. The summed E-state index contributed by atoms with van der Waals surface area (Å²) in [5.74, 6) is 0.387. The van der Waals surface area contributed by atoms with Gasteiger partial charge in [0.15, 0.2) is 16.3 Å². The SMILES string of the molecule is CCC(C)Cn1c(=S)[nH]c2cc(F)c(OC)cc21. The Morgan fingerprint density at radius 3 is 2.83 bits per heavy atom. The molecular formula is C13H17FN2OS. The Morgan fingerprint density at radius 1 is 1.50 bits per heavy atom. The van der Waals surface area contributed by atoms with Crippen LogP contribution in [0.2, 0.25) is 0 Å². The van der Waals surface area contributed by atoms with Gasteiger partial charge in [0, 0.05) is 18.7 Å². The number of nitrogens with zero attached hydrogens (tertiary/aromatic N) is 1. The van der Waals surface area contributed by atoms with E-state index in [2.05, 4.69) is 18.8 Å². The topological polar surface area (TPSA) is 29.9 Å². The first kappa shape index (κ1) is 13.1. The number of halogens is 1. The molecule has 2 rings (SSSR count). The first-order valence-electron chi connectivity index (χ1n) is 6.02. The van der Waals surface area contributed by atoms with Crippen molar-refractivity contribution in [3.63, 3.8) is 0 Å². The van der Waals surface area contributed by atoms with E-state index in [1.54, 1.807) is 6.07 Å². The molecule has 1 atom stereocenters. The van der Waals surface area contributed by atoms with Gasteiger partial charge in [-0.15, -0.1) is 0 Å². The van der Waals surface area contributed by atoms with Gasteiger partial charge in [0.1, 0.15) is 0 Å². The molecular weight excluding hydrogens is 251 g/mol. The monoisotopic (exact) mass is 268 g/mol. The summed E-state index contributed by atoms with van der Waals surface area (Å²) in [5.41, 5.74) is 1.60. The Morgan fingerprint density at radius 2 is 2.22 bits per heavy atom. The minimum Gasteiger partial charge on any atom is -0.494 e. The van der Waals surface area contributed by atoms with Crippen LogP contribution >= 0.6 is 12.2 Å². The minimum absolute atomic E-state index is 0.245. The molecule has 1 aromatic heterocycles. The molecule has 1 heterocycles. The van der Waals surface area contributed by atoms with Crippen molar-refractivity contribution in [2.24, 2.45) is 5.92 Å². The summed E-state index contributed by atoms with van der Waals surface area (Å²) < 4.78 is 21.2. The van der Waals surface area contributed by atoms with Crippen LogP contribution in [0, 0.1) is 16.5 Å². The van der Waals surface area contributed by atoms with E-state index < -0.39 is 0 Å². The van der Waals surface area contributed by atoms with Crippen LogP contribution in [-0.4, -0.2) is 16.7 Å². The Labute approximate surface area is 111 Å². The second-order valence-electron chi connectivity index (χ2n) is 4.56. The van der Waals surface area contributed by atoms with Gasteiger partial charge in [-0.3, -0.25) is 0 Å². The standard InChI is InChI=1S/C13H17FN2OS/c1-4-8(2)7-16-11-6-12(17-3)9(14)5-10(11)15-13(16)18/h5-6,8H,4,7H2,1-3H3,(H,15,18). The third kappa shape index (κ3) is 2.27. The third-order valence-electron chi connectivity index (χ3n) is 3.24. The fourth-order valence-corrected chi connectivity index (χ4v) is 2.22. The molecule has 0 amide bonds. The summed E-state index contributed by atoms with van der Waals surface area (Å²) in [6.07, 6.45) is 1.08. The molecule has 0 fully saturated rings. The summed E-state index contributed by atoms with van der Waals surface area (Å²) in [4.78, 5) is 3.03. The van der Waals surface area contributed by atoms with Gasteiger partial charge < -0.3 is 14.3 Å². The quantitative estimate of drug-likeness (QED) is 0.852. The van der Waals surface area contributed by atoms with E-state index in [1.165, 1.54) is 13.2 Å². The lowest BCUT2D eigenvalue weighted by Gasteiger charge is -2.11. The lowest BCUT2D eigenvalue weighted by Crippen LogP contribution is -2.06. The minimum atomic E-state index is -0.378. The van der Waals surface area contributed by atoms with E-state index >= 15 is 0 Å². The number of nitrogens with one attached hydrogen (secondary N) is 1. The molecule has 2 aromatic rings. The van der Waals surface area contributed by atoms with Gasteiger partial charge >= 0.3 is 0 Å². The summed E-state index contributed by atoms with van der Waals surface area (Å²) >= 11 is 5.29. The molecule has 0 radical (unpaired) electrons. The van der Waals surface area contributed by atoms with Crippen LogP contribution in [-0.2, 0) is 6.54 Å². The Hall–Kier alpha value is -1.36. The molecule has 5 heteroatoms. The molecule has 98 valence electrons. The smallest absolute Gasteiger partial charge is 0.178 e. The van der Waals surface area contributed by atoms with Gasteiger partial charge in [0.2, 0.25) is 0 Å². The van der Waals surface area contributed by atoms with Crippen molar-refractivity contribution in [2.45, 2.75) is 26.8 Å². The molecule has 18 heavy (non-hydrogen) atoms. The van der Waals surface area contributed by atoms with E-state index in [-0.39, 0.29) is 11.6 Å². The molecule has 0 aliphatic carbocycles. The second-order valence-corrected chi connectivity index (χ2v) is 4.94. The number of fused-ring (bicyclic) bond motifs is 1. The zero-order valence-corrected chi connectivity index (χ0v) is 11.6. The van der Waals surface area contributed by atoms with Crippen LogP contribution in [0.25, 0.3) is 11.0 Å². The van der Waals surface area contributed by atoms with E-state index in [0.717, 1.165) is 18.5 Å². The van der Waals surface area contributed by atoms with E-state index in [0.29, 0.717) is 16.2 Å². The molecule has 1 N–H and O–H groups in total. The molecule has 0 saturated heterocycles. The van der Waals surface area contributed by atoms with Gasteiger partial charge in [-0.25, -0.2) is 4.39 Å². The normalized spacial score (nSPS) is 12.9. The number of ether oxygens (including phenoxy) is 1. The largest absolute Gasteiger partial charge is 0.494 e. The number of aromatic nitrogens is 2. The zero-order valence-electron chi connectivity index (χ0n) is 10.8. The van der Waals surface area contributed by atoms with Crippen LogP contribution in [0.4, 0.5) is 4.39 Å². The number of methoxy groups -OCH3 is 1. The summed E-state index contributed by atoms with van der Waals surface area (Å²) in [7, 11) is 1.46. The Balaban J connectivity index is 2.58. The highest BCUT2D eigenvalue weighted by atomic mass is 32.1. The lowest BCUT2D eigenvalue weighted by molar-refractivity contribution is 0.387. The third-order valence-corrected chi connectivity index (χ3v) is 3.56. The molecule has 0 aliphatic rings. The number of imidazole rings is 1. The van der Waals surface area contributed by atoms with Crippen LogP contribution in [0.5, 0.6) is 5.75 Å². The van der Waals surface area contributed by atoms with Crippen molar-refractivity contribution in [2.75, 3.05) is 7.11 Å². The molecule has 1 aromatic carbocycles. The van der Waals surface area contributed by atoms with E-state index in [4.69, 9.17) is 17.0 Å². The van der Waals surface area contributed by atoms with Crippen LogP contribution in [0.15, 0.2) is 12.1 Å². The summed E-state index contributed by atoms with van der Waals surface area (Å²) in [6.45, 7) is 5.13. The molecule has 3 nitrogen and oxygen atoms in total. The number of hydrogen-bond donors (Lipinski definition) is 1. The first-order valence-corrected chi connectivity index (χ1v) is 6.43. The molecule has 0 aliphatic heterocycles. The number of hydrogen-bond acceptors (Lipinski definition) is 2. The second kappa shape index (κ2) is 5.10. The van der Waals surface area contributed by atoms with Crippen molar-refractivity contribution < 1.29 is 9.13 Å². The van der Waals surface area contributed by atoms with Gasteiger partial charge in [0.05, 0.1) is 18.1 Å². The van der Waals surface area contributed by atoms with Crippen LogP contribution in [0.1, 0.15) is 20.3 Å². The highest BCUT2D eigenvalue weighted by Gasteiger charge is 2.11. The highest BCUT2D eigenvalue weighted by Crippen LogP contribution is 2.25. The fourth-order valence-electron chi connectivity index (χ4n) is 1.94. The van der Waals surface area contributed by atoms with Crippen molar-refractivity contribution in [3.05, 3.63) is 22.7 Å². The summed E-state index contributed by atoms with van der Waals surface area (Å²) in [5, 5.41) is 0. The van der Waals surface area contributed by atoms with Crippen molar-refractivity contribution in [1.82, 2.24) is 9.55 Å².